The third-order valence-corrected chi connectivity index (χ3v) is 4.49. The van der Waals surface area contributed by atoms with Crippen LogP contribution in [0.15, 0.2) is 42.5 Å². The minimum Gasteiger partial charge on any atom is -0.310 e. The second-order valence-corrected chi connectivity index (χ2v) is 6.68. The van der Waals surface area contributed by atoms with Gasteiger partial charge < -0.3 is 5.32 Å². The standard InChI is InChI=1S/C18H24N2/c1-18(2)11-16(12-19-18)20(3)13-15-9-6-8-14-7-4-5-10-17(14)15/h4-10,16,19H,11-13H2,1-3H3. The molecule has 0 aliphatic carbocycles. The highest BCUT2D eigenvalue weighted by Gasteiger charge is 2.32. The average molecular weight is 268 g/mol. The number of hydrogen-bond donors (Lipinski definition) is 1. The van der Waals surface area contributed by atoms with Crippen molar-refractivity contribution in [1.29, 1.82) is 0 Å². The molecule has 0 aromatic heterocycles. The van der Waals surface area contributed by atoms with Crippen molar-refractivity contribution in [2.45, 2.75) is 38.4 Å². The van der Waals surface area contributed by atoms with Crippen molar-refractivity contribution >= 4 is 10.8 Å². The van der Waals surface area contributed by atoms with Gasteiger partial charge in [-0.15, -0.1) is 0 Å². The normalized spacial score (nSPS) is 21.7. The van der Waals surface area contributed by atoms with Gasteiger partial charge in [0.05, 0.1) is 0 Å². The number of rotatable bonds is 3. The Labute approximate surface area is 121 Å². The summed E-state index contributed by atoms with van der Waals surface area (Å²) >= 11 is 0. The van der Waals surface area contributed by atoms with Crippen LogP contribution in [0.3, 0.4) is 0 Å². The van der Waals surface area contributed by atoms with E-state index in [0.717, 1.165) is 13.1 Å². The largest absolute Gasteiger partial charge is 0.310 e. The van der Waals surface area contributed by atoms with E-state index in [1.165, 1.54) is 22.8 Å². The lowest BCUT2D eigenvalue weighted by Gasteiger charge is -2.25. The molecule has 1 aliphatic rings. The summed E-state index contributed by atoms with van der Waals surface area (Å²) in [5.74, 6) is 0. The number of likely N-dealkylation sites (N-methyl/N-ethyl adjacent to an activating group) is 1. The second kappa shape index (κ2) is 5.19. The maximum Gasteiger partial charge on any atom is 0.0240 e. The van der Waals surface area contributed by atoms with Gasteiger partial charge in [-0.1, -0.05) is 42.5 Å². The van der Waals surface area contributed by atoms with E-state index in [0.29, 0.717) is 6.04 Å². The van der Waals surface area contributed by atoms with Crippen molar-refractivity contribution in [3.05, 3.63) is 48.0 Å². The van der Waals surface area contributed by atoms with E-state index in [1.807, 2.05) is 0 Å². The Morgan fingerprint density at radius 3 is 2.65 bits per heavy atom. The van der Waals surface area contributed by atoms with Crippen LogP contribution in [0, 0.1) is 0 Å². The molecule has 2 nitrogen and oxygen atoms in total. The fourth-order valence-corrected chi connectivity index (χ4v) is 3.27. The van der Waals surface area contributed by atoms with E-state index in [9.17, 15) is 0 Å². The van der Waals surface area contributed by atoms with Gasteiger partial charge in [-0.3, -0.25) is 4.90 Å². The summed E-state index contributed by atoms with van der Waals surface area (Å²) in [5.41, 5.74) is 1.70. The van der Waals surface area contributed by atoms with E-state index < -0.39 is 0 Å². The minimum atomic E-state index is 0.275. The lowest BCUT2D eigenvalue weighted by molar-refractivity contribution is 0.241. The molecule has 2 aromatic rings. The Morgan fingerprint density at radius 2 is 1.90 bits per heavy atom. The van der Waals surface area contributed by atoms with Gasteiger partial charge in [0, 0.05) is 24.7 Å². The van der Waals surface area contributed by atoms with Gasteiger partial charge in [0.15, 0.2) is 0 Å². The van der Waals surface area contributed by atoms with E-state index in [1.54, 1.807) is 0 Å². The Morgan fingerprint density at radius 1 is 1.15 bits per heavy atom. The zero-order chi connectivity index (χ0) is 14.2. The molecule has 1 N–H and O–H groups in total. The van der Waals surface area contributed by atoms with Crippen molar-refractivity contribution in [3.8, 4) is 0 Å². The molecule has 1 atom stereocenters. The predicted molar refractivity (Wildman–Crippen MR) is 85.9 cm³/mol. The summed E-state index contributed by atoms with van der Waals surface area (Å²) in [6, 6.07) is 15.9. The van der Waals surface area contributed by atoms with Crippen LogP contribution in [0.4, 0.5) is 0 Å². The third kappa shape index (κ3) is 2.72. The summed E-state index contributed by atoms with van der Waals surface area (Å²) in [6.07, 6.45) is 1.22. The quantitative estimate of drug-likeness (QED) is 0.917. The van der Waals surface area contributed by atoms with Crippen molar-refractivity contribution in [2.75, 3.05) is 13.6 Å². The zero-order valence-corrected chi connectivity index (χ0v) is 12.7. The number of nitrogens with one attached hydrogen (secondary N) is 1. The topological polar surface area (TPSA) is 15.3 Å². The summed E-state index contributed by atoms with van der Waals surface area (Å²) in [5, 5.41) is 6.33. The maximum atomic E-state index is 3.61. The van der Waals surface area contributed by atoms with Gasteiger partial charge in [0.1, 0.15) is 0 Å². The summed E-state index contributed by atoms with van der Waals surface area (Å²) in [4.78, 5) is 2.49. The molecular formula is C18H24N2. The molecule has 1 unspecified atom stereocenters. The number of fused-ring (bicyclic) bond motifs is 1. The van der Waals surface area contributed by atoms with Crippen LogP contribution in [0.2, 0.25) is 0 Å². The Kier molecular flexibility index (Phi) is 3.53. The average Bonchev–Trinajstić information content (AvgIpc) is 2.80. The molecule has 1 heterocycles. The first-order valence-electron chi connectivity index (χ1n) is 7.47. The van der Waals surface area contributed by atoms with E-state index >= 15 is 0 Å². The molecule has 0 bridgehead atoms. The molecule has 2 heteroatoms. The lowest BCUT2D eigenvalue weighted by Crippen LogP contribution is -2.32. The van der Waals surface area contributed by atoms with E-state index in [4.69, 9.17) is 0 Å². The van der Waals surface area contributed by atoms with Crippen molar-refractivity contribution in [2.24, 2.45) is 0 Å². The SMILES string of the molecule is CN(Cc1cccc2ccccc12)C1CNC(C)(C)C1. The fourth-order valence-electron chi connectivity index (χ4n) is 3.27. The molecule has 106 valence electrons. The molecule has 20 heavy (non-hydrogen) atoms. The highest BCUT2D eigenvalue weighted by molar-refractivity contribution is 5.85. The van der Waals surface area contributed by atoms with Crippen LogP contribution in [-0.2, 0) is 6.54 Å². The van der Waals surface area contributed by atoms with Crippen molar-refractivity contribution in [1.82, 2.24) is 10.2 Å². The van der Waals surface area contributed by atoms with Gasteiger partial charge in [-0.2, -0.15) is 0 Å². The molecule has 1 aliphatic heterocycles. The minimum absolute atomic E-state index is 0.275. The maximum absolute atomic E-state index is 3.61. The van der Waals surface area contributed by atoms with Crippen LogP contribution < -0.4 is 5.32 Å². The number of benzene rings is 2. The van der Waals surface area contributed by atoms with Crippen LogP contribution in [-0.4, -0.2) is 30.1 Å². The van der Waals surface area contributed by atoms with Crippen molar-refractivity contribution < 1.29 is 0 Å². The molecule has 3 rings (SSSR count). The van der Waals surface area contributed by atoms with Crippen LogP contribution >= 0.6 is 0 Å². The smallest absolute Gasteiger partial charge is 0.0240 e. The zero-order valence-electron chi connectivity index (χ0n) is 12.7. The van der Waals surface area contributed by atoms with Gasteiger partial charge in [0.2, 0.25) is 0 Å². The highest BCUT2D eigenvalue weighted by atomic mass is 15.2. The molecule has 2 aromatic carbocycles. The Hall–Kier alpha value is -1.38. The first kappa shape index (κ1) is 13.6. The van der Waals surface area contributed by atoms with E-state index in [-0.39, 0.29) is 5.54 Å². The molecule has 1 fully saturated rings. The van der Waals surface area contributed by atoms with Crippen LogP contribution in [0.5, 0.6) is 0 Å². The molecule has 0 saturated carbocycles. The molecular weight excluding hydrogens is 244 g/mol. The van der Waals surface area contributed by atoms with E-state index in [2.05, 4.69) is 73.6 Å². The highest BCUT2D eigenvalue weighted by Crippen LogP contribution is 2.25. The van der Waals surface area contributed by atoms with Crippen LogP contribution in [0.1, 0.15) is 25.8 Å². The monoisotopic (exact) mass is 268 g/mol. The molecule has 0 radical (unpaired) electrons. The molecule has 1 saturated heterocycles. The lowest BCUT2D eigenvalue weighted by atomic mass is 10.00. The van der Waals surface area contributed by atoms with Crippen LogP contribution in [0.25, 0.3) is 10.8 Å². The Balaban J connectivity index is 1.80. The van der Waals surface area contributed by atoms with Crippen molar-refractivity contribution in [3.63, 3.8) is 0 Å². The number of hydrogen-bond acceptors (Lipinski definition) is 2. The molecule has 0 spiro atoms. The second-order valence-electron chi connectivity index (χ2n) is 6.68. The summed E-state index contributed by atoms with van der Waals surface area (Å²) in [7, 11) is 2.25. The fraction of sp³-hybridized carbons (Fsp3) is 0.444. The van der Waals surface area contributed by atoms with Gasteiger partial charge in [-0.25, -0.2) is 0 Å². The first-order valence-corrected chi connectivity index (χ1v) is 7.47. The third-order valence-electron chi connectivity index (χ3n) is 4.49. The van der Waals surface area contributed by atoms with Gasteiger partial charge in [0.25, 0.3) is 0 Å². The predicted octanol–water partition coefficient (Wildman–Crippen LogP) is 3.41. The van der Waals surface area contributed by atoms with Gasteiger partial charge in [-0.05, 0) is 43.7 Å². The molecule has 0 amide bonds. The van der Waals surface area contributed by atoms with Gasteiger partial charge >= 0.3 is 0 Å². The number of nitrogens with zero attached hydrogens (tertiary/aromatic N) is 1. The first-order chi connectivity index (χ1) is 9.55. The summed E-state index contributed by atoms with van der Waals surface area (Å²) < 4.78 is 0. The Bertz CT molecular complexity index is 598. The summed E-state index contributed by atoms with van der Waals surface area (Å²) in [6.45, 7) is 6.69.